The van der Waals surface area contributed by atoms with E-state index in [0.717, 1.165) is 17.8 Å². The average Bonchev–Trinajstić information content (AvgIpc) is 2.40. The van der Waals surface area contributed by atoms with Crippen LogP contribution in [0, 0.1) is 11.6 Å². The number of hydrogen-bond acceptors (Lipinski definition) is 2. The lowest BCUT2D eigenvalue weighted by molar-refractivity contribution is 0.329. The van der Waals surface area contributed by atoms with Crippen LogP contribution >= 0.6 is 0 Å². The van der Waals surface area contributed by atoms with E-state index in [0.29, 0.717) is 18.9 Å². The summed E-state index contributed by atoms with van der Waals surface area (Å²) < 4.78 is 30.8. The van der Waals surface area contributed by atoms with Gasteiger partial charge in [-0.05, 0) is 24.3 Å². The topological polar surface area (TPSA) is 21.3 Å². The van der Waals surface area contributed by atoms with Gasteiger partial charge < -0.3 is 10.1 Å². The molecule has 0 bridgehead atoms. The third-order valence-corrected chi connectivity index (χ3v) is 2.36. The molecular formula is C14H13F2NO. The first-order chi connectivity index (χ1) is 8.75. The third kappa shape index (κ3) is 3.45. The van der Waals surface area contributed by atoms with E-state index in [1.54, 1.807) is 0 Å². The van der Waals surface area contributed by atoms with Crippen molar-refractivity contribution in [2.75, 3.05) is 18.5 Å². The number of hydrogen-bond donors (Lipinski definition) is 1. The van der Waals surface area contributed by atoms with Crippen LogP contribution < -0.4 is 10.1 Å². The SMILES string of the molecule is Fc1ccc(OCCNc2ccccc2)cc1F. The summed E-state index contributed by atoms with van der Waals surface area (Å²) in [6.45, 7) is 0.961. The van der Waals surface area contributed by atoms with Gasteiger partial charge in [0.25, 0.3) is 0 Å². The zero-order chi connectivity index (χ0) is 12.8. The smallest absolute Gasteiger partial charge is 0.162 e. The van der Waals surface area contributed by atoms with Gasteiger partial charge in [-0.25, -0.2) is 8.78 Å². The van der Waals surface area contributed by atoms with Crippen LogP contribution in [0.5, 0.6) is 5.75 Å². The molecule has 18 heavy (non-hydrogen) atoms. The zero-order valence-electron chi connectivity index (χ0n) is 9.70. The monoisotopic (exact) mass is 249 g/mol. The predicted octanol–water partition coefficient (Wildman–Crippen LogP) is 3.46. The minimum absolute atomic E-state index is 0.323. The Labute approximate surface area is 104 Å². The highest BCUT2D eigenvalue weighted by molar-refractivity contribution is 5.42. The van der Waals surface area contributed by atoms with Gasteiger partial charge in [-0.15, -0.1) is 0 Å². The van der Waals surface area contributed by atoms with Crippen LogP contribution in [0.3, 0.4) is 0 Å². The number of nitrogens with one attached hydrogen (secondary N) is 1. The van der Waals surface area contributed by atoms with E-state index in [1.807, 2.05) is 30.3 Å². The molecule has 0 aliphatic heterocycles. The largest absolute Gasteiger partial charge is 0.492 e. The van der Waals surface area contributed by atoms with Gasteiger partial charge in [0.2, 0.25) is 0 Å². The second-order valence-electron chi connectivity index (χ2n) is 3.72. The molecule has 0 spiro atoms. The normalized spacial score (nSPS) is 10.1. The molecule has 4 heteroatoms. The number of ether oxygens (including phenoxy) is 1. The van der Waals surface area contributed by atoms with Crippen molar-refractivity contribution in [3.05, 3.63) is 60.2 Å². The second-order valence-corrected chi connectivity index (χ2v) is 3.72. The lowest BCUT2D eigenvalue weighted by Crippen LogP contribution is -2.11. The molecule has 0 amide bonds. The summed E-state index contributed by atoms with van der Waals surface area (Å²) in [5.41, 5.74) is 0.992. The van der Waals surface area contributed by atoms with E-state index < -0.39 is 11.6 Å². The predicted molar refractivity (Wildman–Crippen MR) is 66.8 cm³/mol. The number of benzene rings is 2. The Hall–Kier alpha value is -2.10. The van der Waals surface area contributed by atoms with E-state index in [2.05, 4.69) is 5.32 Å². The van der Waals surface area contributed by atoms with E-state index in [9.17, 15) is 8.78 Å². The van der Waals surface area contributed by atoms with Crippen molar-refractivity contribution in [1.82, 2.24) is 0 Å². The number of anilines is 1. The molecule has 0 saturated carbocycles. The first kappa shape index (κ1) is 12.4. The molecule has 2 nitrogen and oxygen atoms in total. The average molecular weight is 249 g/mol. The van der Waals surface area contributed by atoms with Crippen molar-refractivity contribution in [3.8, 4) is 5.75 Å². The molecule has 0 atom stereocenters. The van der Waals surface area contributed by atoms with Crippen LogP contribution in [-0.2, 0) is 0 Å². The molecule has 0 aliphatic carbocycles. The fourth-order valence-electron chi connectivity index (χ4n) is 1.49. The van der Waals surface area contributed by atoms with Gasteiger partial charge in [-0.3, -0.25) is 0 Å². The van der Waals surface area contributed by atoms with Gasteiger partial charge in [-0.1, -0.05) is 18.2 Å². The van der Waals surface area contributed by atoms with E-state index in [1.165, 1.54) is 6.07 Å². The zero-order valence-corrected chi connectivity index (χ0v) is 9.70. The van der Waals surface area contributed by atoms with Crippen LogP contribution in [-0.4, -0.2) is 13.2 Å². The van der Waals surface area contributed by atoms with Crippen LogP contribution in [0.4, 0.5) is 14.5 Å². The summed E-state index contributed by atoms with van der Waals surface area (Å²) in [4.78, 5) is 0. The standard InChI is InChI=1S/C14H13F2NO/c15-13-7-6-12(10-14(13)16)18-9-8-17-11-4-2-1-3-5-11/h1-7,10,17H,8-9H2. The van der Waals surface area contributed by atoms with Gasteiger partial charge in [0, 0.05) is 18.3 Å². The van der Waals surface area contributed by atoms with Gasteiger partial charge in [0.05, 0.1) is 0 Å². The van der Waals surface area contributed by atoms with Crippen LogP contribution in [0.2, 0.25) is 0 Å². The van der Waals surface area contributed by atoms with Crippen LogP contribution in [0.1, 0.15) is 0 Å². The molecule has 0 heterocycles. The van der Waals surface area contributed by atoms with Crippen molar-refractivity contribution in [2.24, 2.45) is 0 Å². The quantitative estimate of drug-likeness (QED) is 0.819. The highest BCUT2D eigenvalue weighted by Crippen LogP contribution is 2.15. The Kier molecular flexibility index (Phi) is 4.12. The number of rotatable bonds is 5. The Bertz CT molecular complexity index is 502. The Morgan fingerprint density at radius 2 is 1.72 bits per heavy atom. The second kappa shape index (κ2) is 6.00. The minimum atomic E-state index is -0.900. The molecule has 1 N–H and O–H groups in total. The van der Waals surface area contributed by atoms with Gasteiger partial charge >= 0.3 is 0 Å². The summed E-state index contributed by atoms with van der Waals surface area (Å²) in [6.07, 6.45) is 0. The summed E-state index contributed by atoms with van der Waals surface area (Å²) in [6, 6.07) is 13.2. The van der Waals surface area contributed by atoms with E-state index in [-0.39, 0.29) is 0 Å². The van der Waals surface area contributed by atoms with Crippen molar-refractivity contribution in [1.29, 1.82) is 0 Å². The van der Waals surface area contributed by atoms with Crippen LogP contribution in [0.15, 0.2) is 48.5 Å². The molecule has 2 aromatic carbocycles. The summed E-state index contributed by atoms with van der Waals surface area (Å²) in [5, 5.41) is 3.15. The molecule has 0 radical (unpaired) electrons. The number of para-hydroxylation sites is 1. The van der Waals surface area contributed by atoms with Gasteiger partial charge in [0.15, 0.2) is 11.6 Å². The van der Waals surface area contributed by atoms with Crippen molar-refractivity contribution in [2.45, 2.75) is 0 Å². The third-order valence-electron chi connectivity index (χ3n) is 2.36. The fourth-order valence-corrected chi connectivity index (χ4v) is 1.49. The molecule has 0 aromatic heterocycles. The van der Waals surface area contributed by atoms with Crippen LogP contribution in [0.25, 0.3) is 0 Å². The van der Waals surface area contributed by atoms with Gasteiger partial charge in [-0.2, -0.15) is 0 Å². The molecule has 2 rings (SSSR count). The fraction of sp³-hybridized carbons (Fsp3) is 0.143. The summed E-state index contributed by atoms with van der Waals surface area (Å²) >= 11 is 0. The molecule has 0 aliphatic rings. The molecular weight excluding hydrogens is 236 g/mol. The maximum atomic E-state index is 12.9. The number of halogens is 2. The summed E-state index contributed by atoms with van der Waals surface area (Å²) in [7, 11) is 0. The molecule has 0 fully saturated rings. The Balaban J connectivity index is 1.77. The maximum Gasteiger partial charge on any atom is 0.162 e. The van der Waals surface area contributed by atoms with E-state index >= 15 is 0 Å². The van der Waals surface area contributed by atoms with Gasteiger partial charge in [0.1, 0.15) is 12.4 Å². The first-order valence-corrected chi connectivity index (χ1v) is 5.62. The summed E-state index contributed by atoms with van der Waals surface area (Å²) in [5.74, 6) is -1.45. The molecule has 2 aromatic rings. The van der Waals surface area contributed by atoms with Crippen molar-refractivity contribution < 1.29 is 13.5 Å². The minimum Gasteiger partial charge on any atom is -0.492 e. The molecule has 0 saturated heterocycles. The molecule has 94 valence electrons. The molecule has 0 unspecified atom stereocenters. The van der Waals surface area contributed by atoms with E-state index in [4.69, 9.17) is 4.74 Å². The highest BCUT2D eigenvalue weighted by atomic mass is 19.2. The van der Waals surface area contributed by atoms with Crippen molar-refractivity contribution >= 4 is 5.69 Å². The Morgan fingerprint density at radius 1 is 0.944 bits per heavy atom. The highest BCUT2D eigenvalue weighted by Gasteiger charge is 2.02. The lowest BCUT2D eigenvalue weighted by atomic mass is 10.3. The Morgan fingerprint density at radius 3 is 2.44 bits per heavy atom. The maximum absolute atomic E-state index is 12.9. The van der Waals surface area contributed by atoms with Crippen molar-refractivity contribution in [3.63, 3.8) is 0 Å². The first-order valence-electron chi connectivity index (χ1n) is 5.62. The lowest BCUT2D eigenvalue weighted by Gasteiger charge is -2.08.